The fourth-order valence-corrected chi connectivity index (χ4v) is 0.644. The molecule has 0 aromatic carbocycles. The summed E-state index contributed by atoms with van der Waals surface area (Å²) in [5.41, 5.74) is 0. The van der Waals surface area contributed by atoms with Crippen LogP contribution in [0.5, 0.6) is 0 Å². The minimum atomic E-state index is -1.23. The molecule has 0 saturated heterocycles. The highest BCUT2D eigenvalue weighted by Crippen LogP contribution is 1.86. The number of ether oxygens (including phenoxy) is 1. The largest absolute Gasteiger partial charge is 0.478 e. The Kier molecular flexibility index (Phi) is 4.98. The van der Waals surface area contributed by atoms with E-state index in [0.29, 0.717) is 6.08 Å². The number of carboxylic acids is 1. The van der Waals surface area contributed by atoms with E-state index in [-0.39, 0.29) is 0 Å². The van der Waals surface area contributed by atoms with Gasteiger partial charge in [0, 0.05) is 12.2 Å². The van der Waals surface area contributed by atoms with Crippen molar-refractivity contribution in [3.8, 4) is 0 Å². The van der Waals surface area contributed by atoms with Crippen LogP contribution in [-0.4, -0.2) is 36.1 Å². The molecule has 0 aliphatic carbocycles. The molecule has 6 heteroatoms. The summed E-state index contributed by atoms with van der Waals surface area (Å²) in [5, 5.41) is 10.4. The molecular weight excluding hydrogens is 190 g/mol. The van der Waals surface area contributed by atoms with E-state index in [0.717, 1.165) is 6.08 Å². The van der Waals surface area contributed by atoms with E-state index in [9.17, 15) is 14.4 Å². The lowest BCUT2D eigenvalue weighted by Crippen LogP contribution is -2.38. The highest BCUT2D eigenvalue weighted by Gasteiger charge is 2.13. The Morgan fingerprint density at radius 1 is 1.36 bits per heavy atom. The zero-order valence-electron chi connectivity index (χ0n) is 7.81. The van der Waals surface area contributed by atoms with E-state index in [1.807, 2.05) is 0 Å². The highest BCUT2D eigenvalue weighted by molar-refractivity contribution is 5.95. The van der Waals surface area contributed by atoms with Crippen molar-refractivity contribution in [2.45, 2.75) is 13.0 Å². The number of hydrogen-bond donors (Lipinski definition) is 2. The predicted octanol–water partition coefficient (Wildman–Crippen LogP) is -0.695. The van der Waals surface area contributed by atoms with Crippen LogP contribution in [-0.2, 0) is 19.1 Å². The number of methoxy groups -OCH3 is 1. The van der Waals surface area contributed by atoms with Gasteiger partial charge in [0.25, 0.3) is 0 Å². The summed E-state index contributed by atoms with van der Waals surface area (Å²) < 4.78 is 4.34. The van der Waals surface area contributed by atoms with Crippen molar-refractivity contribution < 1.29 is 24.2 Å². The fraction of sp³-hybridized carbons (Fsp3) is 0.375. The molecule has 78 valence electrons. The average molecular weight is 201 g/mol. The van der Waals surface area contributed by atoms with Crippen molar-refractivity contribution in [1.82, 2.24) is 5.32 Å². The Bertz CT molecular complexity index is 271. The maximum atomic E-state index is 10.9. The predicted molar refractivity (Wildman–Crippen MR) is 46.4 cm³/mol. The first-order chi connectivity index (χ1) is 6.47. The lowest BCUT2D eigenvalue weighted by molar-refractivity contribution is -0.144. The highest BCUT2D eigenvalue weighted by atomic mass is 16.5. The first-order valence-corrected chi connectivity index (χ1v) is 3.76. The van der Waals surface area contributed by atoms with Gasteiger partial charge in [0.1, 0.15) is 6.04 Å². The maximum absolute atomic E-state index is 10.9. The Morgan fingerprint density at radius 2 is 1.93 bits per heavy atom. The van der Waals surface area contributed by atoms with Crippen molar-refractivity contribution in [3.63, 3.8) is 0 Å². The number of hydrogen-bond acceptors (Lipinski definition) is 4. The van der Waals surface area contributed by atoms with Crippen molar-refractivity contribution >= 4 is 17.8 Å². The van der Waals surface area contributed by atoms with Gasteiger partial charge in [0.05, 0.1) is 7.11 Å². The maximum Gasteiger partial charge on any atom is 0.328 e. The fourth-order valence-electron chi connectivity index (χ4n) is 0.644. The van der Waals surface area contributed by atoms with Crippen LogP contribution < -0.4 is 5.32 Å². The van der Waals surface area contributed by atoms with Gasteiger partial charge in [-0.05, 0) is 6.92 Å². The van der Waals surface area contributed by atoms with E-state index >= 15 is 0 Å². The van der Waals surface area contributed by atoms with E-state index < -0.39 is 23.9 Å². The standard InChI is InChI=1S/C8H11NO5/c1-5(8(13)14-2)9-6(10)3-4-7(11)12/h3-5H,1-2H3,(H,9,10)(H,11,12)/b4-3-/t5-/m0/s1. The minimum Gasteiger partial charge on any atom is -0.478 e. The third-order valence-electron chi connectivity index (χ3n) is 1.29. The average Bonchev–Trinajstić information content (AvgIpc) is 2.13. The summed E-state index contributed by atoms with van der Waals surface area (Å²) in [6.45, 7) is 1.43. The Labute approximate surface area is 80.5 Å². The second-order valence-electron chi connectivity index (χ2n) is 2.43. The lowest BCUT2D eigenvalue weighted by atomic mass is 10.3. The van der Waals surface area contributed by atoms with Crippen molar-refractivity contribution in [1.29, 1.82) is 0 Å². The third-order valence-corrected chi connectivity index (χ3v) is 1.29. The van der Waals surface area contributed by atoms with Crippen LogP contribution >= 0.6 is 0 Å². The summed E-state index contributed by atoms with van der Waals surface area (Å²) in [5.74, 6) is -2.49. The second kappa shape index (κ2) is 5.74. The molecule has 6 nitrogen and oxygen atoms in total. The van der Waals surface area contributed by atoms with Crippen LogP contribution in [0.15, 0.2) is 12.2 Å². The molecule has 0 aliphatic rings. The van der Waals surface area contributed by atoms with Gasteiger partial charge in [0.2, 0.25) is 5.91 Å². The van der Waals surface area contributed by atoms with Crippen LogP contribution in [0.2, 0.25) is 0 Å². The Balaban J connectivity index is 4.07. The van der Waals surface area contributed by atoms with E-state index in [2.05, 4.69) is 10.1 Å². The first-order valence-electron chi connectivity index (χ1n) is 3.76. The molecule has 0 unspecified atom stereocenters. The lowest BCUT2D eigenvalue weighted by Gasteiger charge is -2.08. The van der Waals surface area contributed by atoms with Crippen LogP contribution in [0.25, 0.3) is 0 Å². The van der Waals surface area contributed by atoms with E-state index in [4.69, 9.17) is 5.11 Å². The second-order valence-corrected chi connectivity index (χ2v) is 2.43. The molecule has 0 saturated carbocycles. The monoisotopic (exact) mass is 201 g/mol. The summed E-state index contributed by atoms with van der Waals surface area (Å²) in [6.07, 6.45) is 1.50. The van der Waals surface area contributed by atoms with Crippen LogP contribution in [0, 0.1) is 0 Å². The molecule has 0 bridgehead atoms. The summed E-state index contributed by atoms with van der Waals surface area (Å²) in [7, 11) is 1.19. The smallest absolute Gasteiger partial charge is 0.328 e. The van der Waals surface area contributed by atoms with E-state index in [1.165, 1.54) is 14.0 Å². The summed E-state index contributed by atoms with van der Waals surface area (Å²) >= 11 is 0. The van der Waals surface area contributed by atoms with Gasteiger partial charge in [0.15, 0.2) is 0 Å². The molecule has 14 heavy (non-hydrogen) atoms. The zero-order valence-corrected chi connectivity index (χ0v) is 7.81. The van der Waals surface area contributed by atoms with Gasteiger partial charge < -0.3 is 15.2 Å². The molecule has 0 radical (unpaired) electrons. The molecule has 0 heterocycles. The van der Waals surface area contributed by atoms with Gasteiger partial charge in [-0.15, -0.1) is 0 Å². The molecule has 1 atom stereocenters. The number of carbonyl (C=O) groups is 3. The molecular formula is C8H11NO5. The molecule has 0 rings (SSSR count). The van der Waals surface area contributed by atoms with Crippen molar-refractivity contribution in [2.75, 3.05) is 7.11 Å². The van der Waals surface area contributed by atoms with Gasteiger partial charge in [-0.3, -0.25) is 4.79 Å². The number of esters is 1. The molecule has 0 aromatic rings. The first kappa shape index (κ1) is 12.2. The van der Waals surface area contributed by atoms with Crippen molar-refractivity contribution in [2.24, 2.45) is 0 Å². The van der Waals surface area contributed by atoms with Crippen molar-refractivity contribution in [3.05, 3.63) is 12.2 Å². The zero-order chi connectivity index (χ0) is 11.1. The number of amides is 1. The molecule has 0 fully saturated rings. The number of carboxylic acid groups (broad SMARTS) is 1. The molecule has 1 amide bonds. The van der Waals surface area contributed by atoms with Gasteiger partial charge >= 0.3 is 11.9 Å². The minimum absolute atomic E-state index is 0.595. The molecule has 0 spiro atoms. The van der Waals surface area contributed by atoms with E-state index in [1.54, 1.807) is 0 Å². The number of rotatable bonds is 4. The number of carbonyl (C=O) groups excluding carboxylic acids is 2. The number of aliphatic carboxylic acids is 1. The molecule has 2 N–H and O–H groups in total. The Hall–Kier alpha value is -1.85. The molecule has 0 aromatic heterocycles. The third kappa shape index (κ3) is 4.91. The van der Waals surface area contributed by atoms with Crippen LogP contribution in [0.1, 0.15) is 6.92 Å². The van der Waals surface area contributed by atoms with Gasteiger partial charge in [-0.2, -0.15) is 0 Å². The SMILES string of the molecule is COC(=O)[C@H](C)NC(=O)/C=C\C(=O)O. The normalized spacial score (nSPS) is 12.1. The van der Waals surface area contributed by atoms with Gasteiger partial charge in [-0.25, -0.2) is 9.59 Å². The molecule has 0 aliphatic heterocycles. The Morgan fingerprint density at radius 3 is 2.36 bits per heavy atom. The summed E-state index contributed by atoms with van der Waals surface area (Å²) in [6, 6.07) is -0.800. The van der Waals surface area contributed by atoms with Crippen LogP contribution in [0.3, 0.4) is 0 Å². The summed E-state index contributed by atoms with van der Waals surface area (Å²) in [4.78, 5) is 31.7. The topological polar surface area (TPSA) is 92.7 Å². The van der Waals surface area contributed by atoms with Crippen LogP contribution in [0.4, 0.5) is 0 Å². The van der Waals surface area contributed by atoms with Gasteiger partial charge in [-0.1, -0.05) is 0 Å². The number of nitrogens with one attached hydrogen (secondary N) is 1. The quantitative estimate of drug-likeness (QED) is 0.463.